The number of anilines is 1. The van der Waals surface area contributed by atoms with Crippen LogP contribution in [0.1, 0.15) is 6.42 Å². The van der Waals surface area contributed by atoms with Crippen molar-refractivity contribution < 1.29 is 13.2 Å². The molecule has 0 saturated carbocycles. The molecular weight excluding hydrogens is 238 g/mol. The molecule has 1 aromatic carbocycles. The molecule has 1 saturated heterocycles. The van der Waals surface area contributed by atoms with E-state index in [1.807, 2.05) is 30.3 Å². The Hall–Kier alpha value is -1.36. The molecule has 17 heavy (non-hydrogen) atoms. The Morgan fingerprint density at radius 3 is 2.47 bits per heavy atom. The minimum atomic E-state index is -3.00. The summed E-state index contributed by atoms with van der Waals surface area (Å²) in [6.45, 7) is 0. The third-order valence-electron chi connectivity index (χ3n) is 3.06. The molecule has 0 spiro atoms. The SMILES string of the molecule is CN(C(=O)[C@@H]1CCS(=O)(=O)C1)c1ccccc1. The van der Waals surface area contributed by atoms with Gasteiger partial charge in [0.2, 0.25) is 5.91 Å². The second-order valence-electron chi connectivity index (χ2n) is 4.33. The minimum absolute atomic E-state index is 0.0109. The van der Waals surface area contributed by atoms with E-state index in [-0.39, 0.29) is 23.3 Å². The fourth-order valence-corrected chi connectivity index (χ4v) is 3.78. The van der Waals surface area contributed by atoms with Gasteiger partial charge in [-0.05, 0) is 18.6 Å². The lowest BCUT2D eigenvalue weighted by Gasteiger charge is -2.20. The summed E-state index contributed by atoms with van der Waals surface area (Å²) in [5.41, 5.74) is 0.793. The predicted molar refractivity (Wildman–Crippen MR) is 66.6 cm³/mol. The maximum Gasteiger partial charge on any atom is 0.230 e. The molecule has 0 unspecified atom stereocenters. The number of hydrogen-bond acceptors (Lipinski definition) is 3. The van der Waals surface area contributed by atoms with E-state index < -0.39 is 9.84 Å². The Morgan fingerprint density at radius 1 is 1.29 bits per heavy atom. The van der Waals surface area contributed by atoms with Crippen molar-refractivity contribution in [2.24, 2.45) is 5.92 Å². The second kappa shape index (κ2) is 4.49. The van der Waals surface area contributed by atoms with Crippen molar-refractivity contribution >= 4 is 21.4 Å². The zero-order valence-corrected chi connectivity index (χ0v) is 10.5. The summed E-state index contributed by atoms with van der Waals surface area (Å²) in [5.74, 6) is -0.378. The Morgan fingerprint density at radius 2 is 1.94 bits per heavy atom. The van der Waals surface area contributed by atoms with Gasteiger partial charge in [-0.2, -0.15) is 0 Å². The number of nitrogens with zero attached hydrogens (tertiary/aromatic N) is 1. The number of carbonyl (C=O) groups excluding carboxylic acids is 1. The van der Waals surface area contributed by atoms with Crippen LogP contribution in [0.2, 0.25) is 0 Å². The predicted octanol–water partition coefficient (Wildman–Crippen LogP) is 1.08. The number of rotatable bonds is 2. The third-order valence-corrected chi connectivity index (χ3v) is 4.82. The highest BCUT2D eigenvalue weighted by Crippen LogP contribution is 2.22. The summed E-state index contributed by atoms with van der Waals surface area (Å²) in [6.07, 6.45) is 0.443. The number of carbonyl (C=O) groups is 1. The summed E-state index contributed by atoms with van der Waals surface area (Å²) < 4.78 is 22.7. The summed E-state index contributed by atoms with van der Waals surface area (Å²) in [7, 11) is -1.32. The highest BCUT2D eigenvalue weighted by Gasteiger charge is 2.34. The number of hydrogen-bond donors (Lipinski definition) is 0. The molecule has 1 amide bonds. The fraction of sp³-hybridized carbons (Fsp3) is 0.417. The van der Waals surface area contributed by atoms with E-state index in [2.05, 4.69) is 0 Å². The van der Waals surface area contributed by atoms with Crippen LogP contribution in [-0.2, 0) is 14.6 Å². The van der Waals surface area contributed by atoms with Crippen molar-refractivity contribution in [3.05, 3.63) is 30.3 Å². The van der Waals surface area contributed by atoms with Crippen LogP contribution < -0.4 is 4.90 Å². The van der Waals surface area contributed by atoms with E-state index in [1.165, 1.54) is 4.90 Å². The van der Waals surface area contributed by atoms with E-state index in [0.29, 0.717) is 6.42 Å². The molecule has 1 aliphatic rings. The number of para-hydroxylation sites is 1. The lowest BCUT2D eigenvalue weighted by atomic mass is 10.1. The number of benzene rings is 1. The maximum atomic E-state index is 12.1. The molecule has 1 fully saturated rings. The van der Waals surface area contributed by atoms with Crippen LogP contribution in [0.15, 0.2) is 30.3 Å². The average Bonchev–Trinajstić information content (AvgIpc) is 2.69. The first-order valence-electron chi connectivity index (χ1n) is 5.53. The highest BCUT2D eigenvalue weighted by molar-refractivity contribution is 7.91. The van der Waals surface area contributed by atoms with Gasteiger partial charge in [-0.25, -0.2) is 8.42 Å². The molecule has 1 atom stereocenters. The molecular formula is C12H15NO3S. The smallest absolute Gasteiger partial charge is 0.230 e. The quantitative estimate of drug-likeness (QED) is 0.792. The second-order valence-corrected chi connectivity index (χ2v) is 6.56. The standard InChI is InChI=1S/C12H15NO3S/c1-13(11-5-3-2-4-6-11)12(14)10-7-8-17(15,16)9-10/h2-6,10H,7-9H2,1H3/t10-/m1/s1. The van der Waals surface area contributed by atoms with Gasteiger partial charge in [0, 0.05) is 12.7 Å². The molecule has 0 aromatic heterocycles. The van der Waals surface area contributed by atoms with Crippen LogP contribution in [-0.4, -0.2) is 32.9 Å². The average molecular weight is 253 g/mol. The van der Waals surface area contributed by atoms with Gasteiger partial charge in [0.05, 0.1) is 17.4 Å². The molecule has 0 N–H and O–H groups in total. The molecule has 1 aliphatic heterocycles. The Bertz CT molecular complexity index is 510. The summed E-state index contributed by atoms with van der Waals surface area (Å²) in [5, 5.41) is 0. The highest BCUT2D eigenvalue weighted by atomic mass is 32.2. The molecule has 1 aromatic rings. The summed E-state index contributed by atoms with van der Waals surface area (Å²) in [4.78, 5) is 13.6. The van der Waals surface area contributed by atoms with Gasteiger partial charge in [-0.1, -0.05) is 18.2 Å². The van der Waals surface area contributed by atoms with Crippen molar-refractivity contribution in [1.82, 2.24) is 0 Å². The first-order valence-corrected chi connectivity index (χ1v) is 7.35. The van der Waals surface area contributed by atoms with E-state index in [0.717, 1.165) is 5.69 Å². The van der Waals surface area contributed by atoms with Crippen molar-refractivity contribution in [2.75, 3.05) is 23.5 Å². The van der Waals surface area contributed by atoms with Crippen molar-refractivity contribution in [1.29, 1.82) is 0 Å². The van der Waals surface area contributed by atoms with Gasteiger partial charge in [-0.15, -0.1) is 0 Å². The zero-order chi connectivity index (χ0) is 12.5. The molecule has 92 valence electrons. The molecule has 0 aliphatic carbocycles. The van der Waals surface area contributed by atoms with Gasteiger partial charge < -0.3 is 4.90 Å². The lowest BCUT2D eigenvalue weighted by molar-refractivity contribution is -0.121. The van der Waals surface area contributed by atoms with Gasteiger partial charge in [0.1, 0.15) is 0 Å². The van der Waals surface area contributed by atoms with Crippen LogP contribution in [0.25, 0.3) is 0 Å². The van der Waals surface area contributed by atoms with Gasteiger partial charge in [-0.3, -0.25) is 4.79 Å². The van der Waals surface area contributed by atoms with Crippen LogP contribution >= 0.6 is 0 Å². The van der Waals surface area contributed by atoms with Crippen LogP contribution in [0.4, 0.5) is 5.69 Å². The first kappa shape index (κ1) is 12.1. The van der Waals surface area contributed by atoms with E-state index >= 15 is 0 Å². The normalized spacial score (nSPS) is 22.3. The Labute approximate surface area is 101 Å². The van der Waals surface area contributed by atoms with Crippen LogP contribution in [0.5, 0.6) is 0 Å². The van der Waals surface area contributed by atoms with E-state index in [9.17, 15) is 13.2 Å². The number of amides is 1. The zero-order valence-electron chi connectivity index (χ0n) is 9.67. The summed E-state index contributed by atoms with van der Waals surface area (Å²) in [6, 6.07) is 9.25. The maximum absolute atomic E-state index is 12.1. The van der Waals surface area contributed by atoms with Crippen molar-refractivity contribution in [3.8, 4) is 0 Å². The third kappa shape index (κ3) is 2.66. The van der Waals surface area contributed by atoms with Crippen molar-refractivity contribution in [2.45, 2.75) is 6.42 Å². The Kier molecular flexibility index (Phi) is 3.19. The van der Waals surface area contributed by atoms with Gasteiger partial charge in [0.25, 0.3) is 0 Å². The van der Waals surface area contributed by atoms with Gasteiger partial charge in [0.15, 0.2) is 9.84 Å². The largest absolute Gasteiger partial charge is 0.315 e. The van der Waals surface area contributed by atoms with E-state index in [1.54, 1.807) is 7.05 Å². The lowest BCUT2D eigenvalue weighted by Crippen LogP contribution is -2.33. The topological polar surface area (TPSA) is 54.5 Å². The fourth-order valence-electron chi connectivity index (χ4n) is 2.04. The molecule has 0 bridgehead atoms. The molecule has 5 heteroatoms. The first-order chi connectivity index (χ1) is 7.99. The monoisotopic (exact) mass is 253 g/mol. The van der Waals surface area contributed by atoms with Crippen molar-refractivity contribution in [3.63, 3.8) is 0 Å². The molecule has 2 rings (SSSR count). The van der Waals surface area contributed by atoms with E-state index in [4.69, 9.17) is 0 Å². The summed E-state index contributed by atoms with van der Waals surface area (Å²) >= 11 is 0. The Balaban J connectivity index is 2.12. The molecule has 1 heterocycles. The minimum Gasteiger partial charge on any atom is -0.315 e. The molecule has 0 radical (unpaired) electrons. The van der Waals surface area contributed by atoms with Crippen LogP contribution in [0.3, 0.4) is 0 Å². The van der Waals surface area contributed by atoms with Gasteiger partial charge >= 0.3 is 0 Å². The number of sulfone groups is 1. The molecule has 4 nitrogen and oxygen atoms in total. The van der Waals surface area contributed by atoms with Crippen LogP contribution in [0, 0.1) is 5.92 Å².